The van der Waals surface area contributed by atoms with Gasteiger partial charge in [0.15, 0.2) is 0 Å². The lowest BCUT2D eigenvalue weighted by molar-refractivity contribution is 0.0819. The van der Waals surface area contributed by atoms with Crippen LogP contribution >= 0.6 is 0 Å². The van der Waals surface area contributed by atoms with Crippen LogP contribution in [0.3, 0.4) is 0 Å². The van der Waals surface area contributed by atoms with Gasteiger partial charge in [-0.1, -0.05) is 0 Å². The molecule has 0 radical (unpaired) electrons. The predicted molar refractivity (Wildman–Crippen MR) is 81.7 cm³/mol. The van der Waals surface area contributed by atoms with Crippen molar-refractivity contribution >= 4 is 5.69 Å². The summed E-state index contributed by atoms with van der Waals surface area (Å²) >= 11 is 0. The number of aromatic nitrogens is 2. The molecule has 0 saturated carbocycles. The highest BCUT2D eigenvalue weighted by atomic mass is 16.5. The number of nitrogens with one attached hydrogen (secondary N) is 1. The molecule has 3 rings (SSSR count). The van der Waals surface area contributed by atoms with Crippen LogP contribution in [0.5, 0.6) is 0 Å². The lowest BCUT2D eigenvalue weighted by Crippen LogP contribution is -2.43. The number of rotatable bonds is 5. The van der Waals surface area contributed by atoms with E-state index in [4.69, 9.17) is 4.74 Å². The van der Waals surface area contributed by atoms with Crippen LogP contribution in [0, 0.1) is 5.92 Å². The minimum absolute atomic E-state index is 0.00801. The Morgan fingerprint density at radius 3 is 2.71 bits per heavy atom. The zero-order chi connectivity index (χ0) is 14.7. The third-order valence-corrected chi connectivity index (χ3v) is 4.61. The molecule has 1 aromatic heterocycles. The van der Waals surface area contributed by atoms with Crippen molar-refractivity contribution in [3.05, 3.63) is 22.6 Å². The number of hydrogen-bond acceptors (Lipinski definition) is 5. The van der Waals surface area contributed by atoms with Gasteiger partial charge in [0.1, 0.15) is 0 Å². The SMILES string of the molecule is COC1CCN(c2cnn(CCC3CNC3)c(=O)c2)CC1. The molecule has 1 N–H and O–H groups in total. The topological polar surface area (TPSA) is 59.4 Å². The van der Waals surface area contributed by atoms with E-state index in [1.807, 2.05) is 6.20 Å². The monoisotopic (exact) mass is 292 g/mol. The lowest BCUT2D eigenvalue weighted by atomic mass is 10.00. The Balaban J connectivity index is 1.59. The van der Waals surface area contributed by atoms with Crippen molar-refractivity contribution in [2.45, 2.75) is 31.9 Å². The van der Waals surface area contributed by atoms with Gasteiger partial charge in [0, 0.05) is 32.8 Å². The van der Waals surface area contributed by atoms with E-state index >= 15 is 0 Å². The Labute approximate surface area is 125 Å². The Bertz CT molecular complexity index is 519. The van der Waals surface area contributed by atoms with Gasteiger partial charge in [0.05, 0.1) is 18.0 Å². The molecule has 2 aliphatic heterocycles. The van der Waals surface area contributed by atoms with Crippen LogP contribution in [0.1, 0.15) is 19.3 Å². The first kappa shape index (κ1) is 14.5. The number of ether oxygens (including phenoxy) is 1. The van der Waals surface area contributed by atoms with Gasteiger partial charge >= 0.3 is 0 Å². The van der Waals surface area contributed by atoms with E-state index in [1.165, 1.54) is 0 Å². The van der Waals surface area contributed by atoms with E-state index in [-0.39, 0.29) is 5.56 Å². The van der Waals surface area contributed by atoms with Crippen molar-refractivity contribution in [1.82, 2.24) is 15.1 Å². The Morgan fingerprint density at radius 1 is 1.38 bits per heavy atom. The van der Waals surface area contributed by atoms with Gasteiger partial charge in [0.25, 0.3) is 5.56 Å². The van der Waals surface area contributed by atoms with Gasteiger partial charge in [-0.3, -0.25) is 4.79 Å². The minimum atomic E-state index is 0.00801. The first-order valence-electron chi connectivity index (χ1n) is 7.82. The Kier molecular flexibility index (Phi) is 4.55. The molecule has 1 aromatic rings. The zero-order valence-electron chi connectivity index (χ0n) is 12.6. The molecule has 0 spiro atoms. The number of anilines is 1. The molecule has 0 unspecified atom stereocenters. The summed E-state index contributed by atoms with van der Waals surface area (Å²) < 4.78 is 6.96. The van der Waals surface area contributed by atoms with E-state index in [9.17, 15) is 4.79 Å². The summed E-state index contributed by atoms with van der Waals surface area (Å²) in [6.07, 6.45) is 5.22. The van der Waals surface area contributed by atoms with Gasteiger partial charge in [-0.25, -0.2) is 4.68 Å². The van der Waals surface area contributed by atoms with Crippen molar-refractivity contribution in [1.29, 1.82) is 0 Å². The molecule has 2 saturated heterocycles. The van der Waals surface area contributed by atoms with Crippen molar-refractivity contribution < 1.29 is 4.74 Å². The number of nitrogens with zero attached hydrogens (tertiary/aromatic N) is 3. The van der Waals surface area contributed by atoms with E-state index in [0.29, 0.717) is 12.0 Å². The van der Waals surface area contributed by atoms with E-state index in [0.717, 1.165) is 57.7 Å². The standard InChI is InChI=1S/C15H24N4O2/c1-21-14-3-5-18(6-4-14)13-8-15(20)19(17-11-13)7-2-12-9-16-10-12/h8,11-12,14,16H,2-7,9-10H2,1H3. The van der Waals surface area contributed by atoms with E-state index < -0.39 is 0 Å². The number of aryl methyl sites for hydroxylation is 1. The second-order valence-electron chi connectivity index (χ2n) is 6.01. The molecular weight excluding hydrogens is 268 g/mol. The van der Waals surface area contributed by atoms with Crippen LogP contribution in [0.4, 0.5) is 5.69 Å². The maximum Gasteiger partial charge on any atom is 0.268 e. The van der Waals surface area contributed by atoms with Gasteiger partial charge in [-0.2, -0.15) is 5.10 Å². The van der Waals surface area contributed by atoms with E-state index in [2.05, 4.69) is 15.3 Å². The third-order valence-electron chi connectivity index (χ3n) is 4.61. The maximum atomic E-state index is 12.2. The molecule has 2 fully saturated rings. The van der Waals surface area contributed by atoms with Crippen LogP contribution in [-0.4, -0.2) is 49.2 Å². The summed E-state index contributed by atoms with van der Waals surface area (Å²) in [5.74, 6) is 0.700. The summed E-state index contributed by atoms with van der Waals surface area (Å²) in [4.78, 5) is 14.4. The zero-order valence-corrected chi connectivity index (χ0v) is 12.6. The van der Waals surface area contributed by atoms with Crippen molar-refractivity contribution in [3.63, 3.8) is 0 Å². The molecule has 0 bridgehead atoms. The van der Waals surface area contributed by atoms with Crippen molar-refractivity contribution in [3.8, 4) is 0 Å². The summed E-state index contributed by atoms with van der Waals surface area (Å²) in [5.41, 5.74) is 0.949. The second kappa shape index (κ2) is 6.58. The van der Waals surface area contributed by atoms with Gasteiger partial charge in [0.2, 0.25) is 0 Å². The molecule has 116 valence electrons. The highest BCUT2D eigenvalue weighted by Gasteiger charge is 2.20. The van der Waals surface area contributed by atoms with Crippen LogP contribution in [0.15, 0.2) is 17.1 Å². The van der Waals surface area contributed by atoms with Gasteiger partial charge in [-0.05, 0) is 38.3 Å². The minimum Gasteiger partial charge on any atom is -0.381 e. The van der Waals surface area contributed by atoms with Crippen LogP contribution in [-0.2, 0) is 11.3 Å². The molecule has 0 atom stereocenters. The highest BCUT2D eigenvalue weighted by Crippen LogP contribution is 2.19. The lowest BCUT2D eigenvalue weighted by Gasteiger charge is -2.32. The van der Waals surface area contributed by atoms with E-state index in [1.54, 1.807) is 17.9 Å². The normalized spacial score (nSPS) is 20.5. The first-order chi connectivity index (χ1) is 10.3. The number of hydrogen-bond donors (Lipinski definition) is 1. The quantitative estimate of drug-likeness (QED) is 0.855. The molecule has 3 heterocycles. The summed E-state index contributed by atoms with van der Waals surface area (Å²) in [6, 6.07) is 1.72. The highest BCUT2D eigenvalue weighted by molar-refractivity contribution is 5.43. The molecule has 6 nitrogen and oxygen atoms in total. The average molecular weight is 292 g/mol. The van der Waals surface area contributed by atoms with Gasteiger partial charge < -0.3 is 15.0 Å². The molecular formula is C15H24N4O2. The Hall–Kier alpha value is -1.40. The molecule has 0 aromatic carbocycles. The molecule has 6 heteroatoms. The molecule has 21 heavy (non-hydrogen) atoms. The van der Waals surface area contributed by atoms with Crippen LogP contribution < -0.4 is 15.8 Å². The average Bonchev–Trinajstić information content (AvgIpc) is 2.47. The second-order valence-corrected chi connectivity index (χ2v) is 6.01. The largest absolute Gasteiger partial charge is 0.381 e. The molecule has 0 amide bonds. The van der Waals surface area contributed by atoms with Crippen LogP contribution in [0.25, 0.3) is 0 Å². The van der Waals surface area contributed by atoms with Crippen LogP contribution in [0.2, 0.25) is 0 Å². The molecule has 0 aliphatic carbocycles. The fourth-order valence-corrected chi connectivity index (χ4v) is 2.97. The first-order valence-corrected chi connectivity index (χ1v) is 7.82. The number of methoxy groups -OCH3 is 1. The Morgan fingerprint density at radius 2 is 2.14 bits per heavy atom. The third kappa shape index (κ3) is 3.44. The summed E-state index contributed by atoms with van der Waals surface area (Å²) in [6.45, 7) is 4.72. The number of piperidine rings is 1. The summed E-state index contributed by atoms with van der Waals surface area (Å²) in [7, 11) is 1.76. The predicted octanol–water partition coefficient (Wildman–Crippen LogP) is 0.468. The maximum absolute atomic E-state index is 12.2. The fraction of sp³-hybridized carbons (Fsp3) is 0.733. The smallest absolute Gasteiger partial charge is 0.268 e. The molecule has 2 aliphatic rings. The summed E-state index contributed by atoms with van der Waals surface area (Å²) in [5, 5.41) is 7.58. The van der Waals surface area contributed by atoms with Crippen molar-refractivity contribution in [2.24, 2.45) is 5.92 Å². The fourth-order valence-electron chi connectivity index (χ4n) is 2.97. The van der Waals surface area contributed by atoms with Crippen molar-refractivity contribution in [2.75, 3.05) is 38.2 Å². The van der Waals surface area contributed by atoms with Gasteiger partial charge in [-0.15, -0.1) is 0 Å².